The van der Waals surface area contributed by atoms with Crippen molar-refractivity contribution in [2.24, 2.45) is 0 Å². The quantitative estimate of drug-likeness (QED) is 0.752. The first-order valence-electron chi connectivity index (χ1n) is 6.85. The van der Waals surface area contributed by atoms with Crippen molar-refractivity contribution in [2.45, 2.75) is 0 Å². The molecule has 0 radical (unpaired) electrons. The third kappa shape index (κ3) is 3.04. The molecule has 0 fully saturated rings. The fourth-order valence-corrected chi connectivity index (χ4v) is 2.54. The minimum atomic E-state index is -1.13. The largest absolute Gasteiger partial charge is 0.508 e. The molecule has 0 saturated heterocycles. The second kappa shape index (κ2) is 6.25. The number of benzene rings is 2. The molecule has 2 N–H and O–H groups in total. The number of rotatable bonds is 4. The first kappa shape index (κ1) is 15.9. The second-order valence-corrected chi connectivity index (χ2v) is 5.39. The molecule has 0 amide bonds. The number of hydrogen-bond donors (Lipinski definition) is 2. The van der Waals surface area contributed by atoms with Crippen LogP contribution in [-0.2, 0) is 4.79 Å². The average molecular weight is 347 g/mol. The van der Waals surface area contributed by atoms with Gasteiger partial charge in [-0.3, -0.25) is 4.79 Å². The van der Waals surface area contributed by atoms with Gasteiger partial charge in [0.2, 0.25) is 5.43 Å². The Labute approximate surface area is 140 Å². The summed E-state index contributed by atoms with van der Waals surface area (Å²) in [7, 11) is 0. The molecule has 122 valence electrons. The maximum atomic E-state index is 12.7. The molecule has 7 heteroatoms. The van der Waals surface area contributed by atoms with Crippen molar-refractivity contribution in [1.82, 2.24) is 0 Å². The number of fused-ring (bicyclic) bond motifs is 1. The number of aromatic hydroxyl groups is 1. The van der Waals surface area contributed by atoms with Crippen molar-refractivity contribution in [3.05, 3.63) is 57.9 Å². The fourth-order valence-electron chi connectivity index (χ4n) is 2.25. The van der Waals surface area contributed by atoms with Crippen molar-refractivity contribution in [2.75, 3.05) is 6.61 Å². The predicted molar refractivity (Wildman–Crippen MR) is 87.7 cm³/mol. The van der Waals surface area contributed by atoms with Crippen molar-refractivity contribution >= 4 is 28.5 Å². The van der Waals surface area contributed by atoms with Gasteiger partial charge in [0, 0.05) is 6.07 Å². The molecular weight excluding hydrogens is 336 g/mol. The van der Waals surface area contributed by atoms with E-state index >= 15 is 0 Å². The van der Waals surface area contributed by atoms with Gasteiger partial charge in [0.15, 0.2) is 6.61 Å². The highest BCUT2D eigenvalue weighted by Gasteiger charge is 2.14. The van der Waals surface area contributed by atoms with Crippen LogP contribution in [0.1, 0.15) is 0 Å². The highest BCUT2D eigenvalue weighted by atomic mass is 35.5. The summed E-state index contributed by atoms with van der Waals surface area (Å²) in [6.45, 7) is -0.530. The second-order valence-electron chi connectivity index (χ2n) is 4.99. The van der Waals surface area contributed by atoms with Crippen LogP contribution < -0.4 is 10.2 Å². The standard InChI is InChI=1S/C17H11ClO6/c18-13-5-11(23-8-15(20)21)6-14-16(13)17(22)12(7-24-14)9-1-3-10(19)4-2-9/h1-7,19H,8H2,(H,20,21). The summed E-state index contributed by atoms with van der Waals surface area (Å²) in [6, 6.07) is 8.88. The minimum absolute atomic E-state index is 0.0854. The minimum Gasteiger partial charge on any atom is -0.508 e. The van der Waals surface area contributed by atoms with Gasteiger partial charge in [0.1, 0.15) is 23.3 Å². The fraction of sp³-hybridized carbons (Fsp3) is 0.0588. The van der Waals surface area contributed by atoms with E-state index < -0.39 is 12.6 Å². The van der Waals surface area contributed by atoms with Gasteiger partial charge >= 0.3 is 5.97 Å². The monoisotopic (exact) mass is 346 g/mol. The molecule has 0 bridgehead atoms. The van der Waals surface area contributed by atoms with Crippen molar-refractivity contribution in [3.8, 4) is 22.6 Å². The third-order valence-corrected chi connectivity index (χ3v) is 3.64. The number of carbonyl (C=O) groups is 1. The summed E-state index contributed by atoms with van der Waals surface area (Å²) in [5.41, 5.74) is 0.724. The zero-order chi connectivity index (χ0) is 17.3. The molecule has 6 nitrogen and oxygen atoms in total. The Morgan fingerprint density at radius 1 is 1.21 bits per heavy atom. The van der Waals surface area contributed by atoms with Crippen LogP contribution in [0.2, 0.25) is 5.02 Å². The van der Waals surface area contributed by atoms with Crippen LogP contribution in [-0.4, -0.2) is 22.8 Å². The lowest BCUT2D eigenvalue weighted by atomic mass is 10.1. The highest BCUT2D eigenvalue weighted by Crippen LogP contribution is 2.29. The number of phenols is 1. The smallest absolute Gasteiger partial charge is 0.341 e. The number of phenolic OH excluding ortho intramolecular Hbond substituents is 1. The van der Waals surface area contributed by atoms with Crippen LogP contribution >= 0.6 is 11.6 Å². The van der Waals surface area contributed by atoms with Crippen LogP contribution in [0, 0.1) is 0 Å². The van der Waals surface area contributed by atoms with E-state index in [-0.39, 0.29) is 32.9 Å². The van der Waals surface area contributed by atoms with E-state index in [1.165, 1.54) is 30.5 Å². The number of carboxylic acid groups (broad SMARTS) is 1. The Morgan fingerprint density at radius 2 is 1.92 bits per heavy atom. The van der Waals surface area contributed by atoms with Gasteiger partial charge in [0.05, 0.1) is 16.0 Å². The maximum Gasteiger partial charge on any atom is 0.341 e. The molecule has 0 atom stereocenters. The Balaban J connectivity index is 2.10. The summed E-state index contributed by atoms with van der Waals surface area (Å²) >= 11 is 6.14. The summed E-state index contributed by atoms with van der Waals surface area (Å²) in [6.07, 6.45) is 1.29. The summed E-state index contributed by atoms with van der Waals surface area (Å²) < 4.78 is 10.5. The van der Waals surface area contributed by atoms with Gasteiger partial charge in [-0.1, -0.05) is 23.7 Å². The molecule has 0 aliphatic carbocycles. The van der Waals surface area contributed by atoms with Gasteiger partial charge < -0.3 is 19.4 Å². The van der Waals surface area contributed by atoms with Gasteiger partial charge in [-0.25, -0.2) is 4.79 Å². The van der Waals surface area contributed by atoms with E-state index in [4.69, 9.17) is 25.9 Å². The topological polar surface area (TPSA) is 97.0 Å². The van der Waals surface area contributed by atoms with E-state index in [0.717, 1.165) is 0 Å². The lowest BCUT2D eigenvalue weighted by molar-refractivity contribution is -0.139. The lowest BCUT2D eigenvalue weighted by Gasteiger charge is -2.07. The lowest BCUT2D eigenvalue weighted by Crippen LogP contribution is -2.10. The van der Waals surface area contributed by atoms with Crippen LogP contribution in [0.4, 0.5) is 0 Å². The molecule has 24 heavy (non-hydrogen) atoms. The molecule has 3 rings (SSSR count). The molecule has 0 spiro atoms. The third-order valence-electron chi connectivity index (χ3n) is 3.34. The van der Waals surface area contributed by atoms with E-state index in [2.05, 4.69) is 0 Å². The van der Waals surface area contributed by atoms with Gasteiger partial charge in [-0.05, 0) is 23.8 Å². The van der Waals surface area contributed by atoms with Crippen molar-refractivity contribution in [1.29, 1.82) is 0 Å². The van der Waals surface area contributed by atoms with E-state index in [1.54, 1.807) is 12.1 Å². The SMILES string of the molecule is O=C(O)COc1cc(Cl)c2c(=O)c(-c3ccc(O)cc3)coc2c1. The predicted octanol–water partition coefficient (Wildman–Crippen LogP) is 3.28. The Kier molecular flexibility index (Phi) is 4.14. The molecule has 0 aliphatic heterocycles. The normalized spacial score (nSPS) is 10.7. The molecule has 3 aromatic rings. The molecule has 0 aliphatic rings. The van der Waals surface area contributed by atoms with E-state index in [9.17, 15) is 14.7 Å². The molecule has 0 unspecified atom stereocenters. The number of hydrogen-bond acceptors (Lipinski definition) is 5. The zero-order valence-electron chi connectivity index (χ0n) is 12.2. The van der Waals surface area contributed by atoms with E-state index in [0.29, 0.717) is 11.1 Å². The maximum absolute atomic E-state index is 12.7. The average Bonchev–Trinajstić information content (AvgIpc) is 2.54. The van der Waals surface area contributed by atoms with Gasteiger partial charge in [0.25, 0.3) is 0 Å². The Morgan fingerprint density at radius 3 is 2.58 bits per heavy atom. The summed E-state index contributed by atoms with van der Waals surface area (Å²) in [4.78, 5) is 23.2. The molecule has 1 heterocycles. The van der Waals surface area contributed by atoms with E-state index in [1.807, 2.05) is 0 Å². The van der Waals surface area contributed by atoms with Crippen molar-refractivity contribution in [3.63, 3.8) is 0 Å². The van der Waals surface area contributed by atoms with Crippen LogP contribution in [0.5, 0.6) is 11.5 Å². The Hall–Kier alpha value is -2.99. The van der Waals surface area contributed by atoms with Gasteiger partial charge in [-0.15, -0.1) is 0 Å². The van der Waals surface area contributed by atoms with Gasteiger partial charge in [-0.2, -0.15) is 0 Å². The zero-order valence-corrected chi connectivity index (χ0v) is 12.9. The number of ether oxygens (including phenoxy) is 1. The molecule has 2 aromatic carbocycles. The van der Waals surface area contributed by atoms with Crippen LogP contribution in [0.25, 0.3) is 22.1 Å². The van der Waals surface area contributed by atoms with Crippen LogP contribution in [0.3, 0.4) is 0 Å². The summed E-state index contributed by atoms with van der Waals surface area (Å²) in [5.74, 6) is -0.854. The van der Waals surface area contributed by atoms with Crippen molar-refractivity contribution < 1.29 is 24.2 Å². The highest BCUT2D eigenvalue weighted by molar-refractivity contribution is 6.35. The molecule has 1 aromatic heterocycles. The van der Waals surface area contributed by atoms with Crippen LogP contribution in [0.15, 0.2) is 51.9 Å². The number of carboxylic acids is 1. The molecular formula is C17H11ClO6. The Bertz CT molecular complexity index is 975. The summed E-state index contributed by atoms with van der Waals surface area (Å²) in [5, 5.41) is 18.2. The number of halogens is 1. The number of aliphatic carboxylic acids is 1. The first-order chi connectivity index (χ1) is 11.5. The molecule has 0 saturated carbocycles. The first-order valence-corrected chi connectivity index (χ1v) is 7.22.